The predicted molar refractivity (Wildman–Crippen MR) is 118 cm³/mol. The Balaban J connectivity index is 1.86. The van der Waals surface area contributed by atoms with E-state index in [0.29, 0.717) is 16.7 Å². The van der Waals surface area contributed by atoms with Gasteiger partial charge in [0.25, 0.3) is 5.91 Å². The molecule has 5 heteroatoms. The second-order valence-corrected chi connectivity index (χ2v) is 8.04. The van der Waals surface area contributed by atoms with Gasteiger partial charge in [0.2, 0.25) is 5.76 Å². The number of anilines is 1. The third kappa shape index (κ3) is 2.88. The second kappa shape index (κ2) is 6.91. The van der Waals surface area contributed by atoms with Gasteiger partial charge in [-0.15, -0.1) is 0 Å². The van der Waals surface area contributed by atoms with Crippen molar-refractivity contribution in [1.29, 1.82) is 0 Å². The summed E-state index contributed by atoms with van der Waals surface area (Å²) in [4.78, 5) is 28.6. The SMILES string of the molecule is Cc1cccc(N2C(=O)c3oc4cc(C)c(C)cc4c(=O)c3C2c2ccccc2F)c1. The van der Waals surface area contributed by atoms with Crippen LogP contribution >= 0.6 is 0 Å². The number of carbonyl (C=O) groups excluding carboxylic acids is 1. The molecule has 0 saturated heterocycles. The normalized spacial score (nSPS) is 15.5. The molecule has 4 nitrogen and oxygen atoms in total. The van der Waals surface area contributed by atoms with Crippen molar-refractivity contribution in [3.8, 4) is 0 Å². The first-order chi connectivity index (χ1) is 14.9. The zero-order valence-corrected chi connectivity index (χ0v) is 17.4. The molecule has 1 unspecified atom stereocenters. The first-order valence-electron chi connectivity index (χ1n) is 10.1. The Kier molecular flexibility index (Phi) is 4.29. The standard InChI is InChI=1S/C26H20FNO3/c1-14-7-6-8-17(11-14)28-23(18-9-4-5-10-20(18)27)22-24(29)19-12-15(2)16(3)13-21(19)31-25(22)26(28)30/h4-13,23H,1-3H3. The van der Waals surface area contributed by atoms with Crippen LogP contribution in [0.1, 0.15) is 44.4 Å². The lowest BCUT2D eigenvalue weighted by molar-refractivity contribution is 0.0971. The van der Waals surface area contributed by atoms with Gasteiger partial charge < -0.3 is 4.42 Å². The first-order valence-corrected chi connectivity index (χ1v) is 10.1. The number of hydrogen-bond acceptors (Lipinski definition) is 3. The van der Waals surface area contributed by atoms with E-state index < -0.39 is 17.8 Å². The first kappa shape index (κ1) is 19.2. The van der Waals surface area contributed by atoms with Gasteiger partial charge in [0.1, 0.15) is 11.4 Å². The number of benzene rings is 3. The van der Waals surface area contributed by atoms with Crippen LogP contribution in [-0.2, 0) is 0 Å². The summed E-state index contributed by atoms with van der Waals surface area (Å²) in [7, 11) is 0. The van der Waals surface area contributed by atoms with E-state index in [0.717, 1.165) is 16.7 Å². The van der Waals surface area contributed by atoms with Crippen molar-refractivity contribution in [1.82, 2.24) is 0 Å². The average Bonchev–Trinajstić information content (AvgIpc) is 3.02. The van der Waals surface area contributed by atoms with E-state index in [1.807, 2.05) is 39.0 Å². The average molecular weight is 413 g/mol. The second-order valence-electron chi connectivity index (χ2n) is 8.04. The summed E-state index contributed by atoms with van der Waals surface area (Å²) in [6.07, 6.45) is 0. The Labute approximate surface area is 178 Å². The summed E-state index contributed by atoms with van der Waals surface area (Å²) in [5, 5.41) is 0.391. The van der Waals surface area contributed by atoms with Crippen LogP contribution in [-0.4, -0.2) is 5.91 Å². The maximum Gasteiger partial charge on any atom is 0.295 e. The number of fused-ring (bicyclic) bond motifs is 2. The minimum Gasteiger partial charge on any atom is -0.450 e. The van der Waals surface area contributed by atoms with Crippen LogP contribution in [0.5, 0.6) is 0 Å². The Hall–Kier alpha value is -3.73. The number of aryl methyl sites for hydroxylation is 3. The molecule has 3 aromatic carbocycles. The van der Waals surface area contributed by atoms with Crippen LogP contribution in [0, 0.1) is 26.6 Å². The Morgan fingerprint density at radius 1 is 0.903 bits per heavy atom. The lowest BCUT2D eigenvalue weighted by Gasteiger charge is -2.25. The lowest BCUT2D eigenvalue weighted by atomic mass is 9.97. The van der Waals surface area contributed by atoms with Gasteiger partial charge >= 0.3 is 0 Å². The molecular formula is C26H20FNO3. The Bertz CT molecular complexity index is 1440. The molecule has 0 radical (unpaired) electrons. The number of nitrogens with zero attached hydrogens (tertiary/aromatic N) is 1. The quantitative estimate of drug-likeness (QED) is 0.429. The van der Waals surface area contributed by atoms with Gasteiger partial charge in [-0.05, 0) is 67.8 Å². The Morgan fingerprint density at radius 2 is 1.65 bits per heavy atom. The fourth-order valence-electron chi connectivity index (χ4n) is 4.26. The van der Waals surface area contributed by atoms with E-state index in [9.17, 15) is 14.0 Å². The molecule has 0 saturated carbocycles. The molecule has 0 N–H and O–H groups in total. The number of rotatable bonds is 2. The van der Waals surface area contributed by atoms with Gasteiger partial charge in [-0.25, -0.2) is 4.39 Å². The smallest absolute Gasteiger partial charge is 0.295 e. The van der Waals surface area contributed by atoms with Crippen molar-refractivity contribution in [3.63, 3.8) is 0 Å². The van der Waals surface area contributed by atoms with E-state index in [1.165, 1.54) is 11.0 Å². The molecule has 154 valence electrons. The minimum atomic E-state index is -0.909. The zero-order valence-electron chi connectivity index (χ0n) is 17.4. The predicted octanol–water partition coefficient (Wildman–Crippen LogP) is 5.61. The molecule has 0 bridgehead atoms. The highest BCUT2D eigenvalue weighted by atomic mass is 19.1. The molecule has 2 heterocycles. The van der Waals surface area contributed by atoms with Crippen molar-refractivity contribution >= 4 is 22.6 Å². The van der Waals surface area contributed by atoms with E-state index in [2.05, 4.69) is 0 Å². The highest BCUT2D eigenvalue weighted by Gasteiger charge is 2.44. The van der Waals surface area contributed by atoms with Crippen LogP contribution in [0.2, 0.25) is 0 Å². The Morgan fingerprint density at radius 3 is 2.39 bits per heavy atom. The fourth-order valence-corrected chi connectivity index (χ4v) is 4.26. The van der Waals surface area contributed by atoms with Gasteiger partial charge in [-0.1, -0.05) is 30.3 Å². The highest BCUT2D eigenvalue weighted by molar-refractivity contribution is 6.10. The van der Waals surface area contributed by atoms with Gasteiger partial charge in [-0.3, -0.25) is 14.5 Å². The molecule has 1 atom stereocenters. The van der Waals surface area contributed by atoms with Crippen molar-refractivity contribution in [3.05, 3.63) is 110 Å². The topological polar surface area (TPSA) is 50.5 Å². The van der Waals surface area contributed by atoms with E-state index in [4.69, 9.17) is 4.42 Å². The summed E-state index contributed by atoms with van der Waals surface area (Å²) in [5.74, 6) is -0.966. The van der Waals surface area contributed by atoms with E-state index in [-0.39, 0.29) is 22.3 Å². The van der Waals surface area contributed by atoms with Crippen LogP contribution in [0.15, 0.2) is 69.9 Å². The maximum atomic E-state index is 14.9. The molecule has 31 heavy (non-hydrogen) atoms. The number of halogens is 1. The molecule has 1 aliphatic rings. The molecule has 1 aliphatic heterocycles. The summed E-state index contributed by atoms with van der Waals surface area (Å²) in [6, 6.07) is 16.2. The van der Waals surface area contributed by atoms with E-state index in [1.54, 1.807) is 36.4 Å². The molecule has 1 amide bonds. The van der Waals surface area contributed by atoms with Crippen LogP contribution in [0.25, 0.3) is 11.0 Å². The molecule has 5 rings (SSSR count). The molecule has 1 aromatic heterocycles. The molecule has 0 fully saturated rings. The van der Waals surface area contributed by atoms with Crippen molar-refractivity contribution in [2.45, 2.75) is 26.8 Å². The molecule has 4 aromatic rings. The summed E-state index contributed by atoms with van der Waals surface area (Å²) in [6.45, 7) is 5.75. The zero-order chi connectivity index (χ0) is 21.9. The number of amides is 1. The molecule has 0 aliphatic carbocycles. The third-order valence-electron chi connectivity index (χ3n) is 5.97. The molecule has 0 spiro atoms. The number of carbonyl (C=O) groups is 1. The number of hydrogen-bond donors (Lipinski definition) is 0. The monoisotopic (exact) mass is 413 g/mol. The van der Waals surface area contributed by atoms with Gasteiger partial charge in [-0.2, -0.15) is 0 Å². The van der Waals surface area contributed by atoms with Gasteiger partial charge in [0, 0.05) is 11.3 Å². The van der Waals surface area contributed by atoms with E-state index >= 15 is 0 Å². The van der Waals surface area contributed by atoms with Crippen LogP contribution < -0.4 is 10.3 Å². The summed E-state index contributed by atoms with van der Waals surface area (Å²) >= 11 is 0. The van der Waals surface area contributed by atoms with Crippen molar-refractivity contribution in [2.75, 3.05) is 4.90 Å². The van der Waals surface area contributed by atoms with Crippen LogP contribution in [0.4, 0.5) is 10.1 Å². The highest BCUT2D eigenvalue weighted by Crippen LogP contribution is 2.42. The molecular weight excluding hydrogens is 393 g/mol. The maximum absolute atomic E-state index is 14.9. The third-order valence-corrected chi connectivity index (χ3v) is 5.97. The van der Waals surface area contributed by atoms with Gasteiger partial charge in [0.15, 0.2) is 5.43 Å². The van der Waals surface area contributed by atoms with Crippen molar-refractivity contribution in [2.24, 2.45) is 0 Å². The van der Waals surface area contributed by atoms with Crippen molar-refractivity contribution < 1.29 is 13.6 Å². The van der Waals surface area contributed by atoms with Crippen LogP contribution in [0.3, 0.4) is 0 Å². The van der Waals surface area contributed by atoms with Gasteiger partial charge in [0.05, 0.1) is 17.0 Å². The fraction of sp³-hybridized carbons (Fsp3) is 0.154. The lowest BCUT2D eigenvalue weighted by Crippen LogP contribution is -2.30. The minimum absolute atomic E-state index is 0.0319. The largest absolute Gasteiger partial charge is 0.450 e. The summed E-state index contributed by atoms with van der Waals surface area (Å²) in [5.41, 5.74) is 3.92. The summed E-state index contributed by atoms with van der Waals surface area (Å²) < 4.78 is 20.9.